The van der Waals surface area contributed by atoms with Gasteiger partial charge in [-0.25, -0.2) is 0 Å². The number of halogens is 1. The monoisotopic (exact) mass is 223 g/mol. The molecule has 1 saturated carbocycles. The number of nitrogens with one attached hydrogen (secondary N) is 1. The summed E-state index contributed by atoms with van der Waals surface area (Å²) in [4.78, 5) is 0. The minimum Gasteiger partial charge on any atom is -0.310 e. The van der Waals surface area contributed by atoms with Gasteiger partial charge >= 0.3 is 0 Å². The van der Waals surface area contributed by atoms with Crippen molar-refractivity contribution >= 4 is 11.6 Å². The van der Waals surface area contributed by atoms with Crippen molar-refractivity contribution in [2.45, 2.75) is 44.1 Å². The van der Waals surface area contributed by atoms with Crippen LogP contribution in [0.1, 0.15) is 30.9 Å². The summed E-state index contributed by atoms with van der Waals surface area (Å²) in [6.07, 6.45) is 3.35. The van der Waals surface area contributed by atoms with Gasteiger partial charge in [-0.15, -0.1) is 11.6 Å². The third-order valence-corrected chi connectivity index (χ3v) is 3.46. The molecule has 1 aromatic rings. The van der Waals surface area contributed by atoms with Crippen LogP contribution >= 0.6 is 11.6 Å². The van der Waals surface area contributed by atoms with Crippen LogP contribution in [0.25, 0.3) is 0 Å². The zero-order chi connectivity index (χ0) is 10.7. The molecule has 1 aromatic carbocycles. The third-order valence-electron chi connectivity index (χ3n) is 3.11. The van der Waals surface area contributed by atoms with E-state index in [2.05, 4.69) is 36.5 Å². The van der Waals surface area contributed by atoms with Crippen molar-refractivity contribution in [3.63, 3.8) is 0 Å². The van der Waals surface area contributed by atoms with Gasteiger partial charge in [-0.1, -0.05) is 31.2 Å². The summed E-state index contributed by atoms with van der Waals surface area (Å²) in [5.74, 6) is 0. The molecular weight excluding hydrogens is 206 g/mol. The maximum atomic E-state index is 5.93. The van der Waals surface area contributed by atoms with Gasteiger partial charge in [0, 0.05) is 18.0 Å². The summed E-state index contributed by atoms with van der Waals surface area (Å²) in [7, 11) is 0. The molecule has 1 aliphatic carbocycles. The molecule has 0 radical (unpaired) electrons. The molecule has 1 nitrogen and oxygen atoms in total. The highest BCUT2D eigenvalue weighted by atomic mass is 35.5. The van der Waals surface area contributed by atoms with Crippen LogP contribution in [0.3, 0.4) is 0 Å². The zero-order valence-electron chi connectivity index (χ0n) is 9.17. The number of rotatable bonds is 4. The largest absolute Gasteiger partial charge is 0.310 e. The third kappa shape index (κ3) is 2.96. The van der Waals surface area contributed by atoms with Crippen LogP contribution in [0.15, 0.2) is 24.3 Å². The Hall–Kier alpha value is -0.530. The Morgan fingerprint density at radius 1 is 1.20 bits per heavy atom. The van der Waals surface area contributed by atoms with Crippen molar-refractivity contribution < 1.29 is 0 Å². The molecule has 0 unspecified atom stereocenters. The first-order valence-corrected chi connectivity index (χ1v) is 6.17. The van der Waals surface area contributed by atoms with E-state index in [-0.39, 0.29) is 0 Å². The van der Waals surface area contributed by atoms with Gasteiger partial charge in [0.15, 0.2) is 0 Å². The number of benzene rings is 1. The molecule has 0 saturated heterocycles. The minimum absolute atomic E-state index is 0.407. The molecule has 0 heterocycles. The molecule has 0 bridgehead atoms. The smallest absolute Gasteiger partial charge is 0.0365 e. The molecule has 0 spiro atoms. The maximum absolute atomic E-state index is 5.93. The van der Waals surface area contributed by atoms with Crippen molar-refractivity contribution in [1.82, 2.24) is 5.32 Å². The quantitative estimate of drug-likeness (QED) is 0.774. The van der Waals surface area contributed by atoms with Crippen LogP contribution in [-0.2, 0) is 13.0 Å². The van der Waals surface area contributed by atoms with Crippen LogP contribution in [0, 0.1) is 0 Å². The fourth-order valence-corrected chi connectivity index (χ4v) is 2.30. The van der Waals surface area contributed by atoms with E-state index in [0.717, 1.165) is 25.8 Å². The van der Waals surface area contributed by atoms with E-state index in [1.165, 1.54) is 11.1 Å². The fourth-order valence-electron chi connectivity index (χ4n) is 1.87. The van der Waals surface area contributed by atoms with Crippen LogP contribution < -0.4 is 5.32 Å². The maximum Gasteiger partial charge on any atom is 0.0365 e. The standard InChI is InChI=1S/C13H18ClN/c1-2-10-3-5-11(6-4-10)9-15-13-7-12(14)8-13/h3-6,12-13,15H,2,7-9H2,1H3. The lowest BCUT2D eigenvalue weighted by Crippen LogP contribution is -2.41. The van der Waals surface area contributed by atoms with E-state index in [9.17, 15) is 0 Å². The van der Waals surface area contributed by atoms with Crippen LogP contribution in [0.4, 0.5) is 0 Å². The zero-order valence-corrected chi connectivity index (χ0v) is 9.93. The lowest BCUT2D eigenvalue weighted by molar-refractivity contribution is 0.345. The van der Waals surface area contributed by atoms with Crippen molar-refractivity contribution in [1.29, 1.82) is 0 Å². The molecule has 0 aliphatic heterocycles. The molecule has 15 heavy (non-hydrogen) atoms. The van der Waals surface area contributed by atoms with E-state index in [1.54, 1.807) is 0 Å². The highest BCUT2D eigenvalue weighted by Gasteiger charge is 2.26. The predicted molar refractivity (Wildman–Crippen MR) is 65.3 cm³/mol. The Kier molecular flexibility index (Phi) is 3.66. The summed E-state index contributed by atoms with van der Waals surface area (Å²) in [5.41, 5.74) is 2.77. The molecule has 0 aromatic heterocycles. The van der Waals surface area contributed by atoms with E-state index in [1.807, 2.05) is 0 Å². The molecule has 0 atom stereocenters. The second kappa shape index (κ2) is 5.00. The highest BCUT2D eigenvalue weighted by Crippen LogP contribution is 2.25. The van der Waals surface area contributed by atoms with Crippen LogP contribution in [0.2, 0.25) is 0 Å². The molecule has 2 rings (SSSR count). The first kappa shape index (κ1) is 11.0. The number of hydrogen-bond acceptors (Lipinski definition) is 1. The van der Waals surface area contributed by atoms with Gasteiger partial charge in [-0.2, -0.15) is 0 Å². The fraction of sp³-hybridized carbons (Fsp3) is 0.538. The average molecular weight is 224 g/mol. The number of hydrogen-bond donors (Lipinski definition) is 1. The Bertz CT molecular complexity index is 301. The summed E-state index contributed by atoms with van der Waals surface area (Å²) in [6, 6.07) is 9.48. The van der Waals surface area contributed by atoms with Crippen molar-refractivity contribution in [3.05, 3.63) is 35.4 Å². The Labute approximate surface area is 96.8 Å². The molecule has 1 N–H and O–H groups in total. The Morgan fingerprint density at radius 2 is 1.80 bits per heavy atom. The van der Waals surface area contributed by atoms with Crippen LogP contribution in [0.5, 0.6) is 0 Å². The van der Waals surface area contributed by atoms with Gasteiger partial charge in [0.25, 0.3) is 0 Å². The SMILES string of the molecule is CCc1ccc(CNC2CC(Cl)C2)cc1. The van der Waals surface area contributed by atoms with E-state index < -0.39 is 0 Å². The first-order valence-electron chi connectivity index (χ1n) is 5.73. The Morgan fingerprint density at radius 3 is 2.33 bits per heavy atom. The topological polar surface area (TPSA) is 12.0 Å². The van der Waals surface area contributed by atoms with E-state index >= 15 is 0 Å². The van der Waals surface area contributed by atoms with Crippen LogP contribution in [-0.4, -0.2) is 11.4 Å². The van der Waals surface area contributed by atoms with Gasteiger partial charge in [-0.3, -0.25) is 0 Å². The summed E-state index contributed by atoms with van der Waals surface area (Å²) in [6.45, 7) is 3.15. The number of alkyl halides is 1. The summed E-state index contributed by atoms with van der Waals surface area (Å²) < 4.78 is 0. The van der Waals surface area contributed by atoms with E-state index in [0.29, 0.717) is 11.4 Å². The molecule has 0 amide bonds. The minimum atomic E-state index is 0.407. The molecule has 1 aliphatic rings. The second-order valence-corrected chi connectivity index (χ2v) is 4.93. The summed E-state index contributed by atoms with van der Waals surface area (Å²) >= 11 is 5.93. The molecular formula is C13H18ClN. The van der Waals surface area contributed by atoms with Crippen molar-refractivity contribution in [3.8, 4) is 0 Å². The molecule has 2 heteroatoms. The summed E-state index contributed by atoms with van der Waals surface area (Å²) in [5, 5.41) is 3.93. The average Bonchev–Trinajstić information content (AvgIpc) is 2.23. The van der Waals surface area contributed by atoms with Gasteiger partial charge < -0.3 is 5.32 Å². The molecule has 1 fully saturated rings. The predicted octanol–water partition coefficient (Wildman–Crippen LogP) is 3.11. The molecule has 82 valence electrons. The second-order valence-electron chi connectivity index (χ2n) is 4.32. The van der Waals surface area contributed by atoms with Gasteiger partial charge in [0.05, 0.1) is 0 Å². The van der Waals surface area contributed by atoms with Crippen molar-refractivity contribution in [2.24, 2.45) is 0 Å². The van der Waals surface area contributed by atoms with Gasteiger partial charge in [-0.05, 0) is 30.4 Å². The lowest BCUT2D eigenvalue weighted by Gasteiger charge is -2.31. The van der Waals surface area contributed by atoms with Crippen molar-refractivity contribution in [2.75, 3.05) is 0 Å². The number of aryl methyl sites for hydroxylation is 1. The lowest BCUT2D eigenvalue weighted by atomic mass is 9.92. The van der Waals surface area contributed by atoms with Gasteiger partial charge in [0.2, 0.25) is 0 Å². The Balaban J connectivity index is 1.78. The van der Waals surface area contributed by atoms with Gasteiger partial charge in [0.1, 0.15) is 0 Å². The van der Waals surface area contributed by atoms with E-state index in [4.69, 9.17) is 11.6 Å². The highest BCUT2D eigenvalue weighted by molar-refractivity contribution is 6.21. The normalized spacial score (nSPS) is 24.9. The first-order chi connectivity index (χ1) is 7.28.